The lowest BCUT2D eigenvalue weighted by molar-refractivity contribution is -0.385. The maximum absolute atomic E-state index is 13.8. The average Bonchev–Trinajstić information content (AvgIpc) is 3.59. The van der Waals surface area contributed by atoms with Crippen molar-refractivity contribution in [2.24, 2.45) is 5.73 Å². The largest absolute Gasteiger partial charge is 0.477 e. The molecule has 16 heteroatoms. The zero-order valence-electron chi connectivity index (χ0n) is 23.1. The van der Waals surface area contributed by atoms with Gasteiger partial charge in [-0.1, -0.05) is 60.3 Å². The lowest BCUT2D eigenvalue weighted by Crippen LogP contribution is -2.73. The molecule has 2 aliphatic heterocycles. The van der Waals surface area contributed by atoms with E-state index in [-0.39, 0.29) is 28.1 Å². The summed E-state index contributed by atoms with van der Waals surface area (Å²) in [6.45, 7) is -0.840. The highest BCUT2D eigenvalue weighted by Gasteiger charge is 2.58. The summed E-state index contributed by atoms with van der Waals surface area (Å²) in [4.78, 5) is 78.8. The number of carbonyl (C=O) groups excluding carboxylic acids is 4. The molecule has 5 rings (SSSR count). The van der Waals surface area contributed by atoms with Gasteiger partial charge in [-0.15, -0.1) is 23.1 Å². The van der Waals surface area contributed by atoms with Crippen LogP contribution in [0.2, 0.25) is 0 Å². The predicted molar refractivity (Wildman–Crippen MR) is 166 cm³/mol. The fourth-order valence-electron chi connectivity index (χ4n) is 4.80. The molecule has 232 valence electrons. The van der Waals surface area contributed by atoms with Crippen LogP contribution in [0.5, 0.6) is 5.75 Å². The lowest BCUT2D eigenvalue weighted by Gasteiger charge is -2.52. The van der Waals surface area contributed by atoms with E-state index in [0.29, 0.717) is 20.9 Å². The van der Waals surface area contributed by atoms with Gasteiger partial charge in [0.05, 0.1) is 9.80 Å². The van der Waals surface area contributed by atoms with Crippen molar-refractivity contribution in [3.63, 3.8) is 0 Å². The van der Waals surface area contributed by atoms with Crippen molar-refractivity contribution in [1.29, 1.82) is 0 Å². The standard InChI is InChI=1S/C29H24N4O9S3/c30-22(16-7-2-1-3-8-16)25(35)31(21(34)13-42-19-10-5-4-9-18(19)33(40)41)24-26(36)32-23(28(37)38)17(14-44-27(24)32)15-45-29(39)20-11-6-12-43-20/h1-12,22,24,27H,13-15,30H2,(H,37,38)/t22-,24?,27-/m1/s1. The van der Waals surface area contributed by atoms with Crippen molar-refractivity contribution in [3.05, 3.63) is 104 Å². The number of hydrogen-bond donors (Lipinski definition) is 2. The van der Waals surface area contributed by atoms with Gasteiger partial charge in [0, 0.05) is 17.6 Å². The third kappa shape index (κ3) is 6.49. The molecule has 2 aliphatic rings. The minimum atomic E-state index is -1.42. The van der Waals surface area contributed by atoms with Gasteiger partial charge < -0.3 is 15.6 Å². The van der Waals surface area contributed by atoms with Crippen molar-refractivity contribution >= 4 is 69.4 Å². The third-order valence-corrected chi connectivity index (χ3v) is 10.2. The van der Waals surface area contributed by atoms with Gasteiger partial charge in [0.2, 0.25) is 5.12 Å². The van der Waals surface area contributed by atoms with Gasteiger partial charge in [0.1, 0.15) is 23.2 Å². The first kappa shape index (κ1) is 31.9. The number of rotatable bonds is 11. The molecule has 3 aromatic rings. The molecule has 2 aromatic carbocycles. The van der Waals surface area contributed by atoms with Gasteiger partial charge in [0.25, 0.3) is 17.7 Å². The summed E-state index contributed by atoms with van der Waals surface area (Å²) >= 11 is 3.31. The summed E-state index contributed by atoms with van der Waals surface area (Å²) in [5.41, 5.74) is 6.23. The number of nitro groups is 1. The van der Waals surface area contributed by atoms with Crippen molar-refractivity contribution < 1.29 is 38.7 Å². The van der Waals surface area contributed by atoms with E-state index in [9.17, 15) is 39.2 Å². The SMILES string of the molecule is N[C@@H](C(=O)N(C(=O)COc1ccccc1[N+](=O)[O-])C1C(=O)N2C(C(=O)O)=C(CSC(=O)c3cccs3)CS[C@H]12)c1ccccc1. The van der Waals surface area contributed by atoms with E-state index < -0.39 is 58.4 Å². The van der Waals surface area contributed by atoms with Crippen LogP contribution in [0.15, 0.2) is 83.4 Å². The van der Waals surface area contributed by atoms with E-state index in [4.69, 9.17) is 10.5 Å². The molecule has 3 N–H and O–H groups in total. The monoisotopic (exact) mass is 668 g/mol. The first-order valence-electron chi connectivity index (χ1n) is 13.2. The van der Waals surface area contributed by atoms with E-state index in [2.05, 4.69) is 0 Å². The number of nitrogens with zero attached hydrogens (tertiary/aromatic N) is 3. The van der Waals surface area contributed by atoms with Crippen LogP contribution in [-0.2, 0) is 19.2 Å². The van der Waals surface area contributed by atoms with Crippen LogP contribution >= 0.6 is 34.9 Å². The van der Waals surface area contributed by atoms with Crippen LogP contribution in [0.4, 0.5) is 5.69 Å². The molecule has 3 amide bonds. The summed E-state index contributed by atoms with van der Waals surface area (Å²) in [6, 6.07) is 14.1. The van der Waals surface area contributed by atoms with Gasteiger partial charge in [-0.3, -0.25) is 39.1 Å². The number of nitrogens with two attached hydrogens (primary N) is 1. The van der Waals surface area contributed by atoms with Crippen molar-refractivity contribution in [1.82, 2.24) is 9.80 Å². The number of benzene rings is 2. The fourth-order valence-corrected chi connectivity index (χ4v) is 7.96. The average molecular weight is 669 g/mol. The number of carboxylic acids is 1. The number of thioether (sulfide) groups is 2. The Morgan fingerprint density at radius 3 is 2.49 bits per heavy atom. The Hall–Kier alpha value is -4.51. The van der Waals surface area contributed by atoms with Gasteiger partial charge in [-0.2, -0.15) is 0 Å². The van der Waals surface area contributed by atoms with Crippen LogP contribution in [0.3, 0.4) is 0 Å². The molecule has 1 aromatic heterocycles. The Balaban J connectivity index is 1.41. The smallest absolute Gasteiger partial charge is 0.352 e. The quantitative estimate of drug-likeness (QED) is 0.173. The highest BCUT2D eigenvalue weighted by Crippen LogP contribution is 2.44. The fraction of sp³-hybridized carbons (Fsp3) is 0.207. The van der Waals surface area contributed by atoms with Crippen LogP contribution < -0.4 is 10.5 Å². The second-order valence-corrected chi connectivity index (χ2v) is 12.7. The normalized spacial score (nSPS) is 18.0. The van der Waals surface area contributed by atoms with Crippen LogP contribution in [0.1, 0.15) is 21.3 Å². The van der Waals surface area contributed by atoms with Crippen LogP contribution in [0, 0.1) is 10.1 Å². The number of hydrogen-bond acceptors (Lipinski definition) is 12. The Kier molecular flexibility index (Phi) is 9.67. The maximum Gasteiger partial charge on any atom is 0.352 e. The van der Waals surface area contributed by atoms with Crippen molar-refractivity contribution in [2.75, 3.05) is 18.1 Å². The number of β-lactam (4-membered cyclic amide) rings is 1. The molecule has 1 fully saturated rings. The first-order valence-corrected chi connectivity index (χ1v) is 16.1. The van der Waals surface area contributed by atoms with Gasteiger partial charge in [-0.05, 0) is 28.6 Å². The summed E-state index contributed by atoms with van der Waals surface area (Å²) < 4.78 is 5.43. The molecule has 3 heterocycles. The molecule has 0 saturated carbocycles. The van der Waals surface area contributed by atoms with Gasteiger partial charge in [-0.25, -0.2) is 4.79 Å². The molecular formula is C29H24N4O9S3. The summed E-state index contributed by atoms with van der Waals surface area (Å²) in [5, 5.41) is 22.0. The van der Waals surface area contributed by atoms with E-state index in [1.807, 2.05) is 0 Å². The second kappa shape index (κ2) is 13.6. The molecule has 45 heavy (non-hydrogen) atoms. The molecule has 1 saturated heterocycles. The first-order chi connectivity index (χ1) is 21.6. The van der Waals surface area contributed by atoms with E-state index >= 15 is 0 Å². The minimum absolute atomic E-state index is 0.0245. The minimum Gasteiger partial charge on any atom is -0.477 e. The number of carboxylic acid groups (broad SMARTS) is 1. The molecule has 3 atom stereocenters. The molecule has 1 unspecified atom stereocenters. The van der Waals surface area contributed by atoms with E-state index in [0.717, 1.165) is 28.4 Å². The number of imide groups is 1. The second-order valence-electron chi connectivity index (χ2n) is 9.67. The maximum atomic E-state index is 13.8. The zero-order chi connectivity index (χ0) is 32.2. The summed E-state index contributed by atoms with van der Waals surface area (Å²) in [5.74, 6) is -4.23. The summed E-state index contributed by atoms with van der Waals surface area (Å²) in [6.07, 6.45) is 0. The third-order valence-electron chi connectivity index (χ3n) is 6.94. The number of carbonyl (C=O) groups is 5. The number of fused-ring (bicyclic) bond motifs is 1. The number of nitro benzene ring substituents is 1. The predicted octanol–water partition coefficient (Wildman–Crippen LogP) is 3.29. The topological polar surface area (TPSA) is 190 Å². The van der Waals surface area contributed by atoms with E-state index in [1.54, 1.807) is 47.8 Å². The zero-order valence-corrected chi connectivity index (χ0v) is 25.6. The number of ether oxygens (including phenoxy) is 1. The van der Waals surface area contributed by atoms with E-state index in [1.165, 1.54) is 35.6 Å². The number of thiophene rings is 1. The van der Waals surface area contributed by atoms with Crippen LogP contribution in [-0.4, -0.2) is 78.2 Å². The molecule has 0 aliphatic carbocycles. The summed E-state index contributed by atoms with van der Waals surface area (Å²) in [7, 11) is 0. The lowest BCUT2D eigenvalue weighted by atomic mass is 9.99. The highest BCUT2D eigenvalue weighted by molar-refractivity contribution is 8.14. The van der Waals surface area contributed by atoms with Crippen LogP contribution in [0.25, 0.3) is 0 Å². The van der Waals surface area contributed by atoms with Crippen molar-refractivity contribution in [2.45, 2.75) is 17.5 Å². The number of amides is 3. The van der Waals surface area contributed by atoms with Gasteiger partial charge in [0.15, 0.2) is 12.4 Å². The molecular weight excluding hydrogens is 645 g/mol. The Morgan fingerprint density at radius 2 is 1.82 bits per heavy atom. The molecule has 13 nitrogen and oxygen atoms in total. The molecule has 0 radical (unpaired) electrons. The Morgan fingerprint density at radius 1 is 1.11 bits per heavy atom. The van der Waals surface area contributed by atoms with Gasteiger partial charge >= 0.3 is 11.7 Å². The molecule has 0 spiro atoms. The molecule has 0 bridgehead atoms. The highest BCUT2D eigenvalue weighted by atomic mass is 32.2. The Labute approximate surface area is 268 Å². The number of para-hydroxylation sites is 2. The van der Waals surface area contributed by atoms with Crippen molar-refractivity contribution in [3.8, 4) is 5.75 Å². The number of aliphatic carboxylic acids is 1. The Bertz CT molecular complexity index is 1700.